The topological polar surface area (TPSA) is 38.0 Å². The van der Waals surface area contributed by atoms with Crippen LogP contribution in [0.25, 0.3) is 0 Å². The summed E-state index contributed by atoms with van der Waals surface area (Å²) in [7, 11) is 0. The van der Waals surface area contributed by atoms with Crippen molar-refractivity contribution in [3.8, 4) is 0 Å². The van der Waals surface area contributed by atoms with Crippen molar-refractivity contribution in [3.63, 3.8) is 0 Å². The van der Waals surface area contributed by atoms with Gasteiger partial charge in [0, 0.05) is 18.4 Å². The van der Waals surface area contributed by atoms with Crippen molar-refractivity contribution >= 4 is 11.8 Å². The zero-order valence-electron chi connectivity index (χ0n) is 12.0. The average molecular weight is 270 g/mol. The lowest BCUT2D eigenvalue weighted by Crippen LogP contribution is -2.16. The van der Waals surface area contributed by atoms with Crippen molar-refractivity contribution in [2.45, 2.75) is 64.4 Å². The summed E-state index contributed by atoms with van der Waals surface area (Å²) in [4.78, 5) is 0. The maximum absolute atomic E-state index is 9.94. The van der Waals surface area contributed by atoms with Gasteiger partial charge in [0.25, 0.3) is 0 Å². The van der Waals surface area contributed by atoms with E-state index < -0.39 is 0 Å². The van der Waals surface area contributed by atoms with Crippen LogP contribution in [0.2, 0.25) is 0 Å². The van der Waals surface area contributed by atoms with E-state index >= 15 is 0 Å². The van der Waals surface area contributed by atoms with Crippen LogP contribution in [-0.2, 0) is 6.42 Å². The minimum absolute atomic E-state index is 0.289. The molecule has 18 heavy (non-hydrogen) atoms. The molecule has 0 saturated carbocycles. The summed E-state index contributed by atoms with van der Waals surface area (Å²) in [5.74, 6) is 0.787. The van der Waals surface area contributed by atoms with Crippen molar-refractivity contribution in [2.75, 3.05) is 5.75 Å². The number of hydrogen-bond donors (Lipinski definition) is 1. The summed E-state index contributed by atoms with van der Waals surface area (Å²) in [5, 5.41) is 15.1. The molecule has 104 valence electrons. The first-order valence-corrected chi connectivity index (χ1v) is 7.95. The third-order valence-corrected chi connectivity index (χ3v) is 4.29. The first-order chi connectivity index (χ1) is 8.56. The van der Waals surface area contributed by atoms with Gasteiger partial charge in [-0.25, -0.2) is 0 Å². The van der Waals surface area contributed by atoms with E-state index in [0.29, 0.717) is 17.7 Å². The molecule has 0 amide bonds. The Labute approximate surface area is 115 Å². The number of nitrogens with zero attached hydrogens (tertiary/aromatic N) is 2. The maximum atomic E-state index is 9.94. The van der Waals surface area contributed by atoms with Gasteiger partial charge in [0.15, 0.2) is 0 Å². The van der Waals surface area contributed by atoms with Crippen molar-refractivity contribution in [3.05, 3.63) is 18.0 Å². The van der Waals surface area contributed by atoms with E-state index in [-0.39, 0.29) is 6.10 Å². The minimum atomic E-state index is -0.289. The first kappa shape index (κ1) is 15.6. The molecule has 1 atom stereocenters. The molecule has 0 radical (unpaired) electrons. The SMILES string of the molecule is CCC(CC)n1ccc(CC(O)CSC(C)C)n1. The standard InChI is InChI=1S/C14H26N2OS/c1-5-13(6-2)16-8-7-12(15-16)9-14(17)10-18-11(3)4/h7-8,11,13-14,17H,5-6,9-10H2,1-4H3. The molecular weight excluding hydrogens is 244 g/mol. The quantitative estimate of drug-likeness (QED) is 0.787. The Balaban J connectivity index is 2.48. The third kappa shape index (κ3) is 5.02. The van der Waals surface area contributed by atoms with Crippen molar-refractivity contribution < 1.29 is 5.11 Å². The average Bonchev–Trinajstić information content (AvgIpc) is 2.76. The molecule has 0 aliphatic carbocycles. The third-order valence-electron chi connectivity index (χ3n) is 3.05. The van der Waals surface area contributed by atoms with Crippen LogP contribution in [0.3, 0.4) is 0 Å². The number of thioether (sulfide) groups is 1. The lowest BCUT2D eigenvalue weighted by molar-refractivity contribution is 0.198. The molecule has 1 aromatic rings. The predicted octanol–water partition coefficient (Wildman–Crippen LogP) is 3.29. The Bertz CT molecular complexity index is 334. The first-order valence-electron chi connectivity index (χ1n) is 6.90. The number of rotatable bonds is 8. The fourth-order valence-electron chi connectivity index (χ4n) is 1.96. The molecule has 0 aromatic carbocycles. The molecule has 0 saturated heterocycles. The van der Waals surface area contributed by atoms with Gasteiger partial charge in [-0.05, 0) is 24.2 Å². The molecule has 0 fully saturated rings. The molecule has 0 aliphatic heterocycles. The summed E-state index contributed by atoms with van der Waals surface area (Å²) in [6.45, 7) is 8.67. The Morgan fingerprint density at radius 1 is 1.33 bits per heavy atom. The molecule has 0 aliphatic rings. The van der Waals surface area contributed by atoms with Gasteiger partial charge in [0.05, 0.1) is 17.8 Å². The lowest BCUT2D eigenvalue weighted by atomic mass is 10.2. The van der Waals surface area contributed by atoms with Gasteiger partial charge in [-0.1, -0.05) is 27.7 Å². The minimum Gasteiger partial charge on any atom is -0.392 e. The van der Waals surface area contributed by atoms with Crippen LogP contribution in [0.1, 0.15) is 52.3 Å². The number of aromatic nitrogens is 2. The van der Waals surface area contributed by atoms with E-state index in [2.05, 4.69) is 32.8 Å². The maximum Gasteiger partial charge on any atom is 0.0686 e. The molecule has 1 heterocycles. The fraction of sp³-hybridized carbons (Fsp3) is 0.786. The molecule has 1 rings (SSSR count). The molecule has 0 bridgehead atoms. The highest BCUT2D eigenvalue weighted by molar-refractivity contribution is 7.99. The Morgan fingerprint density at radius 2 is 2.00 bits per heavy atom. The van der Waals surface area contributed by atoms with Crippen LogP contribution in [0, 0.1) is 0 Å². The normalized spacial score (nSPS) is 13.5. The van der Waals surface area contributed by atoms with E-state index in [0.717, 1.165) is 24.3 Å². The highest BCUT2D eigenvalue weighted by Crippen LogP contribution is 2.16. The highest BCUT2D eigenvalue weighted by Gasteiger charge is 2.12. The Hall–Kier alpha value is -0.480. The van der Waals surface area contributed by atoms with Crippen molar-refractivity contribution in [1.29, 1.82) is 0 Å². The second kappa shape index (κ2) is 7.85. The van der Waals surface area contributed by atoms with Gasteiger partial charge in [0.2, 0.25) is 0 Å². The summed E-state index contributed by atoms with van der Waals surface area (Å²) < 4.78 is 2.04. The van der Waals surface area contributed by atoms with Crippen LogP contribution in [0.5, 0.6) is 0 Å². The molecule has 1 unspecified atom stereocenters. The van der Waals surface area contributed by atoms with Crippen molar-refractivity contribution in [1.82, 2.24) is 9.78 Å². The molecule has 3 nitrogen and oxygen atoms in total. The summed E-state index contributed by atoms with van der Waals surface area (Å²) in [6, 6.07) is 2.52. The van der Waals surface area contributed by atoms with Crippen LogP contribution < -0.4 is 0 Å². The molecule has 1 aromatic heterocycles. The Kier molecular flexibility index (Phi) is 6.79. The summed E-state index contributed by atoms with van der Waals surface area (Å²) >= 11 is 1.80. The zero-order valence-corrected chi connectivity index (χ0v) is 12.8. The van der Waals surface area contributed by atoms with Gasteiger partial charge in [-0.2, -0.15) is 16.9 Å². The van der Waals surface area contributed by atoms with Gasteiger partial charge in [-0.3, -0.25) is 4.68 Å². The number of hydrogen-bond acceptors (Lipinski definition) is 3. The second-order valence-electron chi connectivity index (χ2n) is 5.00. The zero-order chi connectivity index (χ0) is 13.5. The largest absolute Gasteiger partial charge is 0.392 e. The van der Waals surface area contributed by atoms with Gasteiger partial charge in [0.1, 0.15) is 0 Å². The van der Waals surface area contributed by atoms with Crippen LogP contribution >= 0.6 is 11.8 Å². The highest BCUT2D eigenvalue weighted by atomic mass is 32.2. The van der Waals surface area contributed by atoms with Crippen LogP contribution in [0.15, 0.2) is 12.3 Å². The fourth-order valence-corrected chi connectivity index (χ4v) is 2.68. The van der Waals surface area contributed by atoms with Gasteiger partial charge in [-0.15, -0.1) is 0 Å². The van der Waals surface area contributed by atoms with Crippen molar-refractivity contribution in [2.24, 2.45) is 0 Å². The monoisotopic (exact) mass is 270 g/mol. The Morgan fingerprint density at radius 3 is 2.56 bits per heavy atom. The van der Waals surface area contributed by atoms with E-state index in [1.54, 1.807) is 11.8 Å². The van der Waals surface area contributed by atoms with Crippen LogP contribution in [-0.4, -0.2) is 32.0 Å². The lowest BCUT2D eigenvalue weighted by Gasteiger charge is -2.13. The number of aliphatic hydroxyl groups excluding tert-OH is 1. The van der Waals surface area contributed by atoms with E-state index in [4.69, 9.17) is 0 Å². The molecular formula is C14H26N2OS. The molecule has 1 N–H and O–H groups in total. The second-order valence-corrected chi connectivity index (χ2v) is 6.61. The summed E-state index contributed by atoms with van der Waals surface area (Å²) in [5.41, 5.74) is 0.999. The van der Waals surface area contributed by atoms with Gasteiger partial charge < -0.3 is 5.11 Å². The van der Waals surface area contributed by atoms with E-state index in [1.165, 1.54) is 0 Å². The number of aliphatic hydroxyl groups is 1. The van der Waals surface area contributed by atoms with Gasteiger partial charge >= 0.3 is 0 Å². The molecule has 4 heteroatoms. The van der Waals surface area contributed by atoms with E-state index in [9.17, 15) is 5.11 Å². The smallest absolute Gasteiger partial charge is 0.0686 e. The summed E-state index contributed by atoms with van der Waals surface area (Å²) in [6.07, 6.45) is 4.61. The predicted molar refractivity (Wildman–Crippen MR) is 79.2 cm³/mol. The van der Waals surface area contributed by atoms with Crippen LogP contribution in [0.4, 0.5) is 0 Å². The van der Waals surface area contributed by atoms with E-state index in [1.807, 2.05) is 16.9 Å². The molecule has 0 spiro atoms.